The van der Waals surface area contributed by atoms with Crippen molar-refractivity contribution in [2.45, 2.75) is 7.59 Å². The van der Waals surface area contributed by atoms with Crippen molar-refractivity contribution in [1.29, 1.82) is 0 Å². The van der Waals surface area contributed by atoms with Crippen LogP contribution in [0.25, 0.3) is 0 Å². The van der Waals surface area contributed by atoms with Crippen molar-refractivity contribution < 1.29 is 22.7 Å². The largest absolute Gasteiger partial charge is 2.00 e. The zero-order chi connectivity index (χ0) is 12.2. The molecule has 0 atom stereocenters. The van der Waals surface area contributed by atoms with Crippen LogP contribution >= 0.6 is 69.6 Å². The van der Waals surface area contributed by atoms with Gasteiger partial charge in [0.15, 0.2) is 0 Å². The summed E-state index contributed by atoms with van der Waals surface area (Å²) in [7, 11) is 0. The molecule has 0 amide bonds. The van der Waals surface area contributed by atoms with E-state index in [-0.39, 0.29) is 46.7 Å². The minimum Gasteiger partial charge on any atom is -1.00 e. The molecule has 5 nitrogen and oxygen atoms in total. The Balaban J connectivity index is -0.0000000327. The van der Waals surface area contributed by atoms with Crippen LogP contribution in [0, 0.1) is 0 Å². The first-order valence-electron chi connectivity index (χ1n) is 2.49. The third kappa shape index (κ3) is 18.3. The fourth-order valence-electron chi connectivity index (χ4n) is 0. The summed E-state index contributed by atoms with van der Waals surface area (Å²) in [6.45, 7) is 0. The van der Waals surface area contributed by atoms with Gasteiger partial charge in [0.05, 0.1) is 0 Å². The summed E-state index contributed by atoms with van der Waals surface area (Å²) in [6.07, 6.45) is 0. The molecule has 0 bridgehead atoms. The van der Waals surface area contributed by atoms with Crippen LogP contribution in [-0.2, 0) is 9.59 Å². The number of rotatable bonds is 0. The van der Waals surface area contributed by atoms with E-state index in [4.69, 9.17) is 79.8 Å². The van der Waals surface area contributed by atoms with Gasteiger partial charge in [-0.1, -0.05) is 69.6 Å². The maximum absolute atomic E-state index is 9.62. The predicted molar refractivity (Wildman–Crippen MR) is 68.9 cm³/mol. The van der Waals surface area contributed by atoms with Crippen LogP contribution in [0.2, 0.25) is 0 Å². The van der Waals surface area contributed by atoms with Crippen LogP contribution in [0.1, 0.15) is 2.85 Å². The van der Waals surface area contributed by atoms with Crippen molar-refractivity contribution in [1.82, 2.24) is 6.15 Å². The van der Waals surface area contributed by atoms with Gasteiger partial charge in [-0.15, -0.1) is 0 Å². The predicted octanol–water partition coefficient (Wildman–Crippen LogP) is 2.89. The quantitative estimate of drug-likeness (QED) is 0.438. The van der Waals surface area contributed by atoms with Crippen LogP contribution in [-0.4, -0.2) is 67.5 Å². The average Bonchev–Trinajstić information content (AvgIpc) is 1.83. The van der Waals surface area contributed by atoms with Crippen molar-refractivity contribution in [2.24, 2.45) is 0 Å². The van der Waals surface area contributed by atoms with Gasteiger partial charge in [0, 0.05) is 0 Å². The van der Waals surface area contributed by atoms with E-state index in [0.29, 0.717) is 0 Å². The topological polar surface area (TPSA) is 110 Å². The van der Waals surface area contributed by atoms with E-state index in [1.54, 1.807) is 0 Å². The zero-order valence-corrected chi connectivity index (χ0v) is 14.1. The smallest absolute Gasteiger partial charge is 1.00 e. The SMILES string of the molecule is N.O=C(O)C(Cl)(Cl)Cl.O=C(O)C(Cl)(Cl)Cl.[Ca+2].[H-].[H-]. The molecule has 0 aromatic carbocycles. The first kappa shape index (κ1) is 26.5. The first-order chi connectivity index (χ1) is 5.89. The van der Waals surface area contributed by atoms with E-state index in [2.05, 4.69) is 0 Å². The van der Waals surface area contributed by atoms with Gasteiger partial charge in [-0.2, -0.15) is 0 Å². The van der Waals surface area contributed by atoms with E-state index in [0.717, 1.165) is 0 Å². The first-order valence-corrected chi connectivity index (χ1v) is 4.76. The summed E-state index contributed by atoms with van der Waals surface area (Å²) in [6, 6.07) is 0. The van der Waals surface area contributed by atoms with Crippen molar-refractivity contribution in [3.05, 3.63) is 0 Å². The van der Waals surface area contributed by atoms with Gasteiger partial charge >= 0.3 is 49.7 Å². The third-order valence-electron chi connectivity index (χ3n) is 0.485. The summed E-state index contributed by atoms with van der Waals surface area (Å²) in [5, 5.41) is 15.7. The zero-order valence-electron chi connectivity index (χ0n) is 9.39. The average molecular weight is 386 g/mol. The van der Waals surface area contributed by atoms with E-state index < -0.39 is 19.5 Å². The molecule has 0 aliphatic heterocycles. The van der Waals surface area contributed by atoms with Crippen LogP contribution in [0.3, 0.4) is 0 Å². The summed E-state index contributed by atoms with van der Waals surface area (Å²) in [5.41, 5.74) is 0. The number of alkyl halides is 6. The molecule has 0 spiro atoms. The molecule has 0 rings (SSSR count). The number of carboxylic acid groups (broad SMARTS) is 2. The molecular weight excluding hydrogens is 379 g/mol. The van der Waals surface area contributed by atoms with Gasteiger partial charge in [-0.05, 0) is 0 Å². The Labute approximate surface area is 154 Å². The Hall–Kier alpha value is 1.90. The van der Waals surface area contributed by atoms with Crippen LogP contribution < -0.4 is 6.15 Å². The molecule has 0 unspecified atom stereocenters. The van der Waals surface area contributed by atoms with E-state index >= 15 is 0 Å². The summed E-state index contributed by atoms with van der Waals surface area (Å²) >= 11 is 28.8. The van der Waals surface area contributed by atoms with Gasteiger partial charge < -0.3 is 19.2 Å². The summed E-state index contributed by atoms with van der Waals surface area (Å²) in [4.78, 5) is 19.2. The molecule has 0 saturated heterocycles. The fraction of sp³-hybridized carbons (Fsp3) is 0.500. The molecule has 0 aliphatic rings. The number of hydrogen-bond donors (Lipinski definition) is 3. The van der Waals surface area contributed by atoms with Crippen LogP contribution in [0.5, 0.6) is 0 Å². The Bertz CT molecular complexity index is 211. The maximum Gasteiger partial charge on any atom is 2.00 e. The minimum atomic E-state index is -2.17. The number of aliphatic carboxylic acids is 2. The molecule has 12 heteroatoms. The van der Waals surface area contributed by atoms with Crippen molar-refractivity contribution in [3.8, 4) is 0 Å². The Morgan fingerprint density at radius 2 is 0.875 bits per heavy atom. The molecule has 0 aliphatic carbocycles. The van der Waals surface area contributed by atoms with E-state index in [1.165, 1.54) is 0 Å². The number of hydrogen-bond acceptors (Lipinski definition) is 3. The molecule has 0 aromatic heterocycles. The number of carboxylic acids is 2. The maximum atomic E-state index is 9.62. The molecule has 0 radical (unpaired) electrons. The molecule has 0 fully saturated rings. The fourth-order valence-corrected chi connectivity index (χ4v) is 0. The molecule has 96 valence electrons. The van der Waals surface area contributed by atoms with Crippen LogP contribution in [0.4, 0.5) is 0 Å². The minimum absolute atomic E-state index is 0. The second-order valence-corrected chi connectivity index (χ2v) is 6.17. The molecule has 0 saturated carbocycles. The molecule has 0 aromatic rings. The Kier molecular flexibility index (Phi) is 17.8. The molecule has 5 N–H and O–H groups in total. The molecule has 0 heterocycles. The van der Waals surface area contributed by atoms with Crippen LogP contribution in [0.15, 0.2) is 0 Å². The molecular formula is C4H7CaCl6NO4. The van der Waals surface area contributed by atoms with Gasteiger partial charge in [0.2, 0.25) is 0 Å². The third-order valence-corrected chi connectivity index (χ3v) is 1.46. The summed E-state index contributed by atoms with van der Waals surface area (Å²) in [5.74, 6) is -2.92. The Morgan fingerprint density at radius 3 is 0.875 bits per heavy atom. The van der Waals surface area contributed by atoms with Gasteiger partial charge in [0.25, 0.3) is 7.59 Å². The second-order valence-electron chi connectivity index (χ2n) is 1.61. The van der Waals surface area contributed by atoms with Gasteiger partial charge in [0.1, 0.15) is 0 Å². The number of halogens is 6. The molecule has 16 heavy (non-hydrogen) atoms. The van der Waals surface area contributed by atoms with Crippen molar-refractivity contribution >= 4 is 119 Å². The van der Waals surface area contributed by atoms with E-state index in [9.17, 15) is 9.59 Å². The van der Waals surface area contributed by atoms with Crippen molar-refractivity contribution in [3.63, 3.8) is 0 Å². The monoisotopic (exact) mass is 383 g/mol. The summed E-state index contributed by atoms with van der Waals surface area (Å²) < 4.78 is -4.33. The van der Waals surface area contributed by atoms with Gasteiger partial charge in [-0.25, -0.2) is 9.59 Å². The van der Waals surface area contributed by atoms with E-state index in [1.807, 2.05) is 0 Å². The second kappa shape index (κ2) is 10.8. The number of carbonyl (C=O) groups is 2. The van der Waals surface area contributed by atoms with Gasteiger partial charge in [-0.3, -0.25) is 0 Å². The standard InChI is InChI=1S/2C2HCl3O2.Ca.H3N.2H/c2*3-2(4,5)1(6)7;;;;/h2*(H,6,7);;1H3;;/q;;+2;;2*-1. The Morgan fingerprint density at radius 1 is 0.812 bits per heavy atom. The van der Waals surface area contributed by atoms with Crippen molar-refractivity contribution in [2.75, 3.05) is 0 Å². The normalized spacial score (nSPS) is 9.88.